The van der Waals surface area contributed by atoms with Crippen molar-refractivity contribution in [2.24, 2.45) is 5.16 Å². The second-order valence-electron chi connectivity index (χ2n) is 9.67. The quantitative estimate of drug-likeness (QED) is 0.295. The van der Waals surface area contributed by atoms with Crippen LogP contribution in [0.15, 0.2) is 70.6 Å². The molecule has 1 N–H and O–H groups in total. The molecule has 1 atom stereocenters. The molecule has 1 aliphatic rings. The number of unbranched alkanes of at least 4 members (excludes halogenated alkanes) is 1. The Morgan fingerprint density at radius 2 is 1.72 bits per heavy atom. The van der Waals surface area contributed by atoms with E-state index < -0.39 is 29.0 Å². The second kappa shape index (κ2) is 10.4. The zero-order valence-electron chi connectivity index (χ0n) is 21.0. The molecule has 0 spiro atoms. The van der Waals surface area contributed by atoms with Gasteiger partial charge in [-0.15, -0.1) is 0 Å². The SMILES string of the molecule is C[C@]1(c2cc(F)cc(F)c2)CC(c2ccc3c(=O)n(-c4ccc(F)cc4)c(CCCCC(=O)O)nc3c2)=NO1. The van der Waals surface area contributed by atoms with E-state index in [9.17, 15) is 22.8 Å². The molecule has 0 saturated heterocycles. The van der Waals surface area contributed by atoms with Crippen LogP contribution < -0.4 is 5.56 Å². The number of aliphatic carboxylic acids is 1. The molecule has 0 aliphatic carbocycles. The summed E-state index contributed by atoms with van der Waals surface area (Å²) in [4.78, 5) is 34.8. The zero-order valence-corrected chi connectivity index (χ0v) is 21.0. The van der Waals surface area contributed by atoms with Crippen LogP contribution in [-0.2, 0) is 21.7 Å². The molecule has 0 fully saturated rings. The summed E-state index contributed by atoms with van der Waals surface area (Å²) in [5.74, 6) is -2.38. The lowest BCUT2D eigenvalue weighted by Crippen LogP contribution is -2.24. The van der Waals surface area contributed by atoms with Crippen molar-refractivity contribution in [1.29, 1.82) is 0 Å². The van der Waals surface area contributed by atoms with Gasteiger partial charge in [0.15, 0.2) is 5.60 Å². The summed E-state index contributed by atoms with van der Waals surface area (Å²) in [5, 5.41) is 13.5. The fourth-order valence-corrected chi connectivity index (χ4v) is 4.70. The Kier molecular flexibility index (Phi) is 6.94. The molecule has 1 aliphatic heterocycles. The van der Waals surface area contributed by atoms with E-state index in [1.807, 2.05) is 0 Å². The standard InChI is InChI=1S/C29H24F3N3O4/c1-29(18-13-20(31)15-21(32)14-18)16-25(34-39-29)17-6-11-23-24(12-17)33-26(4-2-3-5-27(36)37)35(28(23)38)22-9-7-19(30)8-10-22/h6-15H,2-5,16H2,1H3,(H,36,37)/t29-/m1/s1. The van der Waals surface area contributed by atoms with Crippen molar-refractivity contribution in [2.45, 2.75) is 44.6 Å². The lowest BCUT2D eigenvalue weighted by Gasteiger charge is -2.22. The number of aromatic nitrogens is 2. The lowest BCUT2D eigenvalue weighted by molar-refractivity contribution is -0.137. The number of rotatable bonds is 8. The molecule has 4 aromatic rings. The van der Waals surface area contributed by atoms with Crippen LogP contribution in [0, 0.1) is 17.5 Å². The summed E-state index contributed by atoms with van der Waals surface area (Å²) >= 11 is 0. The molecule has 7 nitrogen and oxygen atoms in total. The molecule has 1 aromatic heterocycles. The van der Waals surface area contributed by atoms with Crippen LogP contribution in [-0.4, -0.2) is 26.3 Å². The van der Waals surface area contributed by atoms with E-state index in [4.69, 9.17) is 14.9 Å². The smallest absolute Gasteiger partial charge is 0.303 e. The summed E-state index contributed by atoms with van der Waals surface area (Å²) < 4.78 is 42.6. The fourth-order valence-electron chi connectivity index (χ4n) is 4.70. The predicted octanol–water partition coefficient (Wildman–Crippen LogP) is 5.64. The van der Waals surface area contributed by atoms with Crippen molar-refractivity contribution >= 4 is 22.6 Å². The maximum absolute atomic E-state index is 13.8. The van der Waals surface area contributed by atoms with Gasteiger partial charge in [0.25, 0.3) is 5.56 Å². The Labute approximate surface area is 221 Å². The lowest BCUT2D eigenvalue weighted by atomic mass is 9.89. The van der Waals surface area contributed by atoms with Gasteiger partial charge in [0, 0.05) is 36.5 Å². The number of aryl methyl sites for hydroxylation is 1. The monoisotopic (exact) mass is 535 g/mol. The largest absolute Gasteiger partial charge is 0.481 e. The molecule has 39 heavy (non-hydrogen) atoms. The van der Waals surface area contributed by atoms with Crippen molar-refractivity contribution in [3.05, 3.63) is 105 Å². The van der Waals surface area contributed by atoms with Crippen LogP contribution in [0.1, 0.15) is 49.6 Å². The highest BCUT2D eigenvalue weighted by Crippen LogP contribution is 2.37. The van der Waals surface area contributed by atoms with Crippen molar-refractivity contribution in [2.75, 3.05) is 0 Å². The summed E-state index contributed by atoms with van der Waals surface area (Å²) in [7, 11) is 0. The number of hydrogen-bond acceptors (Lipinski definition) is 5. The molecule has 200 valence electrons. The van der Waals surface area contributed by atoms with E-state index in [0.29, 0.717) is 58.5 Å². The number of oxime groups is 1. The van der Waals surface area contributed by atoms with Gasteiger partial charge in [-0.3, -0.25) is 14.2 Å². The first-order valence-corrected chi connectivity index (χ1v) is 12.4. The molecule has 5 rings (SSSR count). The van der Waals surface area contributed by atoms with Gasteiger partial charge in [-0.25, -0.2) is 18.2 Å². The average molecular weight is 536 g/mol. The maximum Gasteiger partial charge on any atom is 0.303 e. The number of hydrogen-bond donors (Lipinski definition) is 1. The number of carbonyl (C=O) groups is 1. The van der Waals surface area contributed by atoms with E-state index in [-0.39, 0.29) is 18.4 Å². The van der Waals surface area contributed by atoms with Gasteiger partial charge in [-0.2, -0.15) is 0 Å². The molecule has 0 saturated carbocycles. The Balaban J connectivity index is 1.51. The predicted molar refractivity (Wildman–Crippen MR) is 138 cm³/mol. The van der Waals surface area contributed by atoms with E-state index in [1.165, 1.54) is 41.0 Å². The van der Waals surface area contributed by atoms with Gasteiger partial charge in [-0.05, 0) is 68.3 Å². The molecule has 0 unspecified atom stereocenters. The molecule has 2 heterocycles. The second-order valence-corrected chi connectivity index (χ2v) is 9.67. The van der Waals surface area contributed by atoms with Crippen LogP contribution in [0.3, 0.4) is 0 Å². The van der Waals surface area contributed by atoms with Crippen LogP contribution in [0.4, 0.5) is 13.2 Å². The van der Waals surface area contributed by atoms with Crippen molar-refractivity contribution < 1.29 is 27.9 Å². The van der Waals surface area contributed by atoms with Crippen LogP contribution in [0.2, 0.25) is 0 Å². The van der Waals surface area contributed by atoms with Crippen LogP contribution >= 0.6 is 0 Å². The minimum Gasteiger partial charge on any atom is -0.481 e. The topological polar surface area (TPSA) is 93.8 Å². The number of carboxylic acids is 1. The van der Waals surface area contributed by atoms with Gasteiger partial charge in [-0.1, -0.05) is 11.2 Å². The molecule has 0 bridgehead atoms. The number of halogens is 3. The number of fused-ring (bicyclic) bond motifs is 1. The molecule has 0 amide bonds. The summed E-state index contributed by atoms with van der Waals surface area (Å²) in [6.07, 6.45) is 1.43. The first kappa shape index (κ1) is 26.1. The summed E-state index contributed by atoms with van der Waals surface area (Å²) in [5.41, 5.74) is 0.876. The third-order valence-corrected chi connectivity index (χ3v) is 6.73. The van der Waals surface area contributed by atoms with Crippen molar-refractivity contribution in [1.82, 2.24) is 9.55 Å². The Morgan fingerprint density at radius 1 is 1.00 bits per heavy atom. The maximum atomic E-state index is 13.8. The minimum atomic E-state index is -1.08. The van der Waals surface area contributed by atoms with Gasteiger partial charge < -0.3 is 9.94 Å². The first-order valence-electron chi connectivity index (χ1n) is 12.4. The van der Waals surface area contributed by atoms with E-state index in [0.717, 1.165) is 6.07 Å². The van der Waals surface area contributed by atoms with Gasteiger partial charge in [0.05, 0.1) is 22.3 Å². The molecular formula is C29H24F3N3O4. The van der Waals surface area contributed by atoms with Crippen LogP contribution in [0.5, 0.6) is 0 Å². The highest BCUT2D eigenvalue weighted by molar-refractivity contribution is 6.04. The normalized spacial score (nSPS) is 16.8. The van der Waals surface area contributed by atoms with Gasteiger partial charge in [0.2, 0.25) is 0 Å². The third-order valence-electron chi connectivity index (χ3n) is 6.73. The van der Waals surface area contributed by atoms with Crippen molar-refractivity contribution in [3.8, 4) is 5.69 Å². The highest BCUT2D eigenvalue weighted by atomic mass is 19.1. The molecular weight excluding hydrogens is 511 g/mol. The number of carboxylic acid groups (broad SMARTS) is 1. The molecule has 0 radical (unpaired) electrons. The Bertz CT molecular complexity index is 1650. The van der Waals surface area contributed by atoms with Gasteiger partial charge in [0.1, 0.15) is 23.3 Å². The van der Waals surface area contributed by atoms with E-state index in [1.54, 1.807) is 25.1 Å². The number of benzene rings is 3. The van der Waals surface area contributed by atoms with E-state index >= 15 is 0 Å². The molecule has 10 heteroatoms. The van der Waals surface area contributed by atoms with Gasteiger partial charge >= 0.3 is 5.97 Å². The average Bonchev–Trinajstić information content (AvgIpc) is 3.30. The van der Waals surface area contributed by atoms with Crippen molar-refractivity contribution in [3.63, 3.8) is 0 Å². The Hall–Kier alpha value is -4.47. The first-order chi connectivity index (χ1) is 18.6. The summed E-state index contributed by atoms with van der Waals surface area (Å²) in [6, 6.07) is 13.7. The minimum absolute atomic E-state index is 0.00762. The van der Waals surface area contributed by atoms with Crippen LogP contribution in [0.25, 0.3) is 16.6 Å². The highest BCUT2D eigenvalue weighted by Gasteiger charge is 2.37. The number of nitrogens with zero attached hydrogens (tertiary/aromatic N) is 3. The Morgan fingerprint density at radius 3 is 2.41 bits per heavy atom. The third kappa shape index (κ3) is 5.41. The van der Waals surface area contributed by atoms with E-state index in [2.05, 4.69) is 5.16 Å². The zero-order chi connectivity index (χ0) is 27.7. The molecule has 3 aromatic carbocycles. The fraction of sp³-hybridized carbons (Fsp3) is 0.241. The summed E-state index contributed by atoms with van der Waals surface area (Å²) in [6.45, 7) is 1.69.